The first-order valence-corrected chi connectivity index (χ1v) is 7.53. The van der Waals surface area contributed by atoms with E-state index < -0.39 is 0 Å². The normalized spacial score (nSPS) is 12.5. The molecule has 1 aromatic heterocycles. The van der Waals surface area contributed by atoms with Gasteiger partial charge in [-0.05, 0) is 27.3 Å². The van der Waals surface area contributed by atoms with Gasteiger partial charge in [-0.2, -0.15) is 0 Å². The number of thiazole rings is 1. The van der Waals surface area contributed by atoms with Crippen molar-refractivity contribution in [3.8, 4) is 0 Å². The number of aromatic nitrogens is 1. The smallest absolute Gasteiger partial charge is 0.357 e. The lowest BCUT2D eigenvalue weighted by molar-refractivity contribution is 0.0520. The van der Waals surface area contributed by atoms with Gasteiger partial charge in [-0.1, -0.05) is 6.92 Å². The fourth-order valence-corrected chi connectivity index (χ4v) is 2.23. The van der Waals surface area contributed by atoms with Crippen LogP contribution >= 0.6 is 11.3 Å². The molecule has 0 bridgehead atoms. The Hall–Kier alpha value is -1.14. The van der Waals surface area contributed by atoms with Gasteiger partial charge in [0.2, 0.25) is 0 Å². The number of esters is 1. The zero-order valence-electron chi connectivity index (χ0n) is 12.1. The van der Waals surface area contributed by atoms with Crippen molar-refractivity contribution in [1.29, 1.82) is 0 Å². The lowest BCUT2D eigenvalue weighted by atomic mass is 10.2. The predicted octanol–water partition coefficient (Wildman–Crippen LogP) is 2.46. The van der Waals surface area contributed by atoms with Gasteiger partial charge in [0.25, 0.3) is 0 Å². The van der Waals surface area contributed by atoms with Gasteiger partial charge in [-0.3, -0.25) is 0 Å². The van der Waals surface area contributed by atoms with Crippen molar-refractivity contribution in [3.63, 3.8) is 0 Å². The summed E-state index contributed by atoms with van der Waals surface area (Å²) in [6, 6.07) is 0.577. The van der Waals surface area contributed by atoms with Gasteiger partial charge in [-0.25, -0.2) is 9.78 Å². The maximum atomic E-state index is 11.5. The molecule has 1 atom stereocenters. The van der Waals surface area contributed by atoms with Gasteiger partial charge in [-0.15, -0.1) is 11.3 Å². The molecule has 1 heterocycles. The summed E-state index contributed by atoms with van der Waals surface area (Å²) >= 11 is 1.43. The summed E-state index contributed by atoms with van der Waals surface area (Å²) in [6.45, 7) is 8.32. The number of anilines is 1. The van der Waals surface area contributed by atoms with Gasteiger partial charge >= 0.3 is 5.97 Å². The zero-order chi connectivity index (χ0) is 14.3. The molecule has 108 valence electrons. The molecular formula is C13H23N3O2S. The molecule has 0 aliphatic heterocycles. The summed E-state index contributed by atoms with van der Waals surface area (Å²) in [5, 5.41) is 5.72. The molecule has 0 saturated heterocycles. The first kappa shape index (κ1) is 15.9. The molecule has 0 saturated carbocycles. The van der Waals surface area contributed by atoms with Crippen molar-refractivity contribution in [1.82, 2.24) is 9.88 Å². The van der Waals surface area contributed by atoms with Crippen LogP contribution in [0.2, 0.25) is 0 Å². The molecule has 1 aromatic rings. The largest absolute Gasteiger partial charge is 0.461 e. The molecule has 5 nitrogen and oxygen atoms in total. The molecule has 0 aliphatic carbocycles. The van der Waals surface area contributed by atoms with E-state index in [0.29, 0.717) is 18.3 Å². The average Bonchev–Trinajstić information content (AvgIpc) is 2.86. The summed E-state index contributed by atoms with van der Waals surface area (Å²) in [4.78, 5) is 18.0. The summed E-state index contributed by atoms with van der Waals surface area (Å²) in [7, 11) is 2.11. The Labute approximate surface area is 119 Å². The van der Waals surface area contributed by atoms with E-state index in [1.54, 1.807) is 12.3 Å². The third-order valence-electron chi connectivity index (χ3n) is 3.07. The number of likely N-dealkylation sites (N-methyl/N-ethyl adjacent to an activating group) is 1. The third kappa shape index (κ3) is 5.16. The van der Waals surface area contributed by atoms with E-state index >= 15 is 0 Å². The number of hydrogen-bond donors (Lipinski definition) is 1. The Kier molecular flexibility index (Phi) is 6.80. The molecule has 0 radical (unpaired) electrons. The summed E-state index contributed by atoms with van der Waals surface area (Å²) in [6.07, 6.45) is 1.14. The number of nitrogens with zero attached hydrogens (tertiary/aromatic N) is 2. The predicted molar refractivity (Wildman–Crippen MR) is 78.9 cm³/mol. The highest BCUT2D eigenvalue weighted by Crippen LogP contribution is 2.15. The van der Waals surface area contributed by atoms with Crippen LogP contribution in [0.5, 0.6) is 0 Å². The van der Waals surface area contributed by atoms with Crippen LogP contribution in [0.3, 0.4) is 0 Å². The maximum Gasteiger partial charge on any atom is 0.357 e. The summed E-state index contributed by atoms with van der Waals surface area (Å²) in [5.41, 5.74) is 0.379. The number of nitrogens with one attached hydrogen (secondary N) is 1. The van der Waals surface area contributed by atoms with E-state index in [2.05, 4.69) is 36.1 Å². The van der Waals surface area contributed by atoms with Crippen molar-refractivity contribution in [2.75, 3.05) is 32.1 Å². The molecule has 0 amide bonds. The first-order chi connectivity index (χ1) is 9.08. The van der Waals surface area contributed by atoms with E-state index in [0.717, 1.165) is 24.6 Å². The second-order valence-corrected chi connectivity index (χ2v) is 5.28. The Morgan fingerprint density at radius 3 is 2.95 bits per heavy atom. The fraction of sp³-hybridized carbons (Fsp3) is 0.692. The van der Waals surface area contributed by atoms with Crippen LogP contribution in [0.4, 0.5) is 5.13 Å². The first-order valence-electron chi connectivity index (χ1n) is 6.65. The minimum absolute atomic E-state index is 0.358. The standard InChI is InChI=1S/C13H23N3O2S/c1-5-10(3)16(4)8-7-14-13-15-11(9-19-13)12(17)18-6-2/h9-10H,5-8H2,1-4H3,(H,14,15). The lowest BCUT2D eigenvalue weighted by Gasteiger charge is -2.23. The van der Waals surface area contributed by atoms with Crippen LogP contribution < -0.4 is 5.32 Å². The second-order valence-electron chi connectivity index (χ2n) is 4.42. The van der Waals surface area contributed by atoms with Gasteiger partial charge in [0.15, 0.2) is 10.8 Å². The van der Waals surface area contributed by atoms with E-state index in [-0.39, 0.29) is 5.97 Å². The Morgan fingerprint density at radius 1 is 1.58 bits per heavy atom. The molecule has 1 unspecified atom stereocenters. The third-order valence-corrected chi connectivity index (χ3v) is 3.87. The van der Waals surface area contributed by atoms with Crippen LogP contribution in [0.1, 0.15) is 37.7 Å². The van der Waals surface area contributed by atoms with Crippen molar-refractivity contribution in [2.45, 2.75) is 33.2 Å². The summed E-state index contributed by atoms with van der Waals surface area (Å²) < 4.78 is 4.90. The molecule has 0 aromatic carbocycles. The van der Waals surface area contributed by atoms with Crippen molar-refractivity contribution >= 4 is 22.4 Å². The number of hydrogen-bond acceptors (Lipinski definition) is 6. The van der Waals surface area contributed by atoms with Crippen molar-refractivity contribution in [2.24, 2.45) is 0 Å². The molecular weight excluding hydrogens is 262 g/mol. The molecule has 0 spiro atoms. The lowest BCUT2D eigenvalue weighted by Crippen LogP contribution is -2.32. The monoisotopic (exact) mass is 285 g/mol. The highest BCUT2D eigenvalue weighted by atomic mass is 32.1. The Bertz CT molecular complexity index is 395. The number of carbonyl (C=O) groups is 1. The SMILES string of the molecule is CCOC(=O)c1csc(NCCN(C)C(C)CC)n1. The molecule has 1 rings (SSSR count). The van der Waals surface area contributed by atoms with E-state index in [4.69, 9.17) is 4.74 Å². The number of ether oxygens (including phenoxy) is 1. The molecule has 0 fully saturated rings. The molecule has 19 heavy (non-hydrogen) atoms. The van der Waals surface area contributed by atoms with Crippen LogP contribution in [-0.2, 0) is 4.74 Å². The van der Waals surface area contributed by atoms with E-state index in [1.165, 1.54) is 11.3 Å². The zero-order valence-corrected chi connectivity index (χ0v) is 12.9. The minimum atomic E-state index is -0.358. The van der Waals surface area contributed by atoms with Crippen LogP contribution in [0.15, 0.2) is 5.38 Å². The topological polar surface area (TPSA) is 54.5 Å². The van der Waals surface area contributed by atoms with Crippen LogP contribution in [-0.4, -0.2) is 48.6 Å². The van der Waals surface area contributed by atoms with Gasteiger partial charge in [0.05, 0.1) is 6.61 Å². The van der Waals surface area contributed by atoms with Gasteiger partial charge in [0.1, 0.15) is 0 Å². The molecule has 0 aliphatic rings. The number of rotatable bonds is 8. The number of carbonyl (C=O) groups excluding carboxylic acids is 1. The van der Waals surface area contributed by atoms with Crippen molar-refractivity contribution < 1.29 is 9.53 Å². The fourth-order valence-electron chi connectivity index (χ4n) is 1.52. The average molecular weight is 285 g/mol. The second kappa shape index (κ2) is 8.12. The maximum absolute atomic E-state index is 11.5. The van der Waals surface area contributed by atoms with Gasteiger partial charge < -0.3 is 15.0 Å². The molecule has 1 N–H and O–H groups in total. The van der Waals surface area contributed by atoms with Crippen LogP contribution in [0, 0.1) is 0 Å². The minimum Gasteiger partial charge on any atom is -0.461 e. The highest BCUT2D eigenvalue weighted by Gasteiger charge is 2.11. The van der Waals surface area contributed by atoms with Crippen molar-refractivity contribution in [3.05, 3.63) is 11.1 Å². The van der Waals surface area contributed by atoms with E-state index in [1.807, 2.05) is 0 Å². The van der Waals surface area contributed by atoms with E-state index in [9.17, 15) is 4.79 Å². The molecule has 6 heteroatoms. The quantitative estimate of drug-likeness (QED) is 0.744. The summed E-state index contributed by atoms with van der Waals surface area (Å²) in [5.74, 6) is -0.358. The Morgan fingerprint density at radius 2 is 2.32 bits per heavy atom. The Balaban J connectivity index is 2.36. The van der Waals surface area contributed by atoms with Crippen LogP contribution in [0.25, 0.3) is 0 Å². The highest BCUT2D eigenvalue weighted by molar-refractivity contribution is 7.13. The van der Waals surface area contributed by atoms with Gasteiger partial charge in [0, 0.05) is 24.5 Å².